The number of fused-ring (bicyclic) bond motifs is 1. The zero-order valence-electron chi connectivity index (χ0n) is 14.2. The highest BCUT2D eigenvalue weighted by Gasteiger charge is 2.14. The minimum atomic E-state index is 0.311. The van der Waals surface area contributed by atoms with Crippen molar-refractivity contribution in [1.82, 2.24) is 15.0 Å². The number of nitrogens with zero attached hydrogens (tertiary/aromatic N) is 3. The Kier molecular flexibility index (Phi) is 4.44. The maximum Gasteiger partial charge on any atom is 0.113 e. The molecule has 0 N–H and O–H groups in total. The van der Waals surface area contributed by atoms with Crippen molar-refractivity contribution in [2.24, 2.45) is 5.41 Å². The summed E-state index contributed by atoms with van der Waals surface area (Å²) in [5.74, 6) is 1.10. The number of aromatic nitrogens is 3. The van der Waals surface area contributed by atoms with E-state index in [1.165, 1.54) is 10.5 Å². The second-order valence-corrected chi connectivity index (χ2v) is 8.00. The van der Waals surface area contributed by atoms with E-state index in [0.717, 1.165) is 28.9 Å². The second-order valence-electron chi connectivity index (χ2n) is 6.98. The quantitative estimate of drug-likeness (QED) is 0.624. The molecule has 2 aromatic carbocycles. The Morgan fingerprint density at radius 1 is 1.09 bits per heavy atom. The van der Waals surface area contributed by atoms with Crippen LogP contribution in [0.25, 0.3) is 16.7 Å². The molecule has 1 heterocycles. The van der Waals surface area contributed by atoms with Gasteiger partial charge in [-0.05, 0) is 41.7 Å². The zero-order valence-corrected chi connectivity index (χ0v) is 15.0. The van der Waals surface area contributed by atoms with E-state index in [2.05, 4.69) is 62.3 Å². The third-order valence-electron chi connectivity index (χ3n) is 3.69. The second kappa shape index (κ2) is 6.36. The maximum atomic E-state index is 4.33. The highest BCUT2D eigenvalue weighted by Crippen LogP contribution is 2.31. The molecule has 0 aliphatic rings. The lowest BCUT2D eigenvalue weighted by atomic mass is 10.0. The lowest BCUT2D eigenvalue weighted by molar-refractivity contribution is 0.480. The van der Waals surface area contributed by atoms with Crippen LogP contribution in [0.5, 0.6) is 0 Å². The third kappa shape index (κ3) is 3.58. The van der Waals surface area contributed by atoms with Crippen LogP contribution in [0.4, 0.5) is 0 Å². The van der Waals surface area contributed by atoms with Gasteiger partial charge in [-0.3, -0.25) is 0 Å². The molecule has 0 saturated heterocycles. The minimum absolute atomic E-state index is 0.311. The molecule has 3 nitrogen and oxygen atoms in total. The molecule has 23 heavy (non-hydrogen) atoms. The third-order valence-corrected chi connectivity index (χ3v) is 5.39. The van der Waals surface area contributed by atoms with Crippen LogP contribution in [0.15, 0.2) is 47.4 Å². The van der Waals surface area contributed by atoms with E-state index in [0.29, 0.717) is 5.41 Å². The van der Waals surface area contributed by atoms with Crippen molar-refractivity contribution in [3.63, 3.8) is 0 Å². The van der Waals surface area contributed by atoms with Gasteiger partial charge in [-0.1, -0.05) is 51.1 Å². The van der Waals surface area contributed by atoms with Crippen LogP contribution in [0.1, 0.15) is 33.3 Å². The van der Waals surface area contributed by atoms with Crippen molar-refractivity contribution in [3.05, 3.63) is 48.0 Å². The van der Waals surface area contributed by atoms with E-state index in [1.807, 2.05) is 34.6 Å². The summed E-state index contributed by atoms with van der Waals surface area (Å²) in [5.41, 5.74) is 4.75. The van der Waals surface area contributed by atoms with Gasteiger partial charge in [0.2, 0.25) is 0 Å². The summed E-state index contributed by atoms with van der Waals surface area (Å²) in [6.07, 6.45) is 1.05. The summed E-state index contributed by atoms with van der Waals surface area (Å²) < 4.78 is 1.93. The number of aryl methyl sites for hydroxylation is 1. The van der Waals surface area contributed by atoms with Gasteiger partial charge in [-0.15, -0.1) is 16.9 Å². The first-order chi connectivity index (χ1) is 11.0. The van der Waals surface area contributed by atoms with Gasteiger partial charge < -0.3 is 0 Å². The molecule has 0 spiro atoms. The fraction of sp³-hybridized carbons (Fsp3) is 0.368. The molecule has 3 rings (SSSR count). The highest BCUT2D eigenvalue weighted by atomic mass is 32.2. The van der Waals surface area contributed by atoms with Crippen LogP contribution >= 0.6 is 11.8 Å². The summed E-state index contributed by atoms with van der Waals surface area (Å²) >= 11 is 1.93. The number of hydrogen-bond acceptors (Lipinski definition) is 3. The van der Waals surface area contributed by atoms with Crippen molar-refractivity contribution in [2.75, 3.05) is 5.75 Å². The maximum absolute atomic E-state index is 4.33. The Balaban J connectivity index is 2.00. The van der Waals surface area contributed by atoms with Gasteiger partial charge in [0.1, 0.15) is 5.52 Å². The molecule has 0 unspecified atom stereocenters. The fourth-order valence-corrected chi connectivity index (χ4v) is 3.65. The summed E-state index contributed by atoms with van der Waals surface area (Å²) in [4.78, 5) is 1.35. The number of hydrogen-bond donors (Lipinski definition) is 0. The number of thioether (sulfide) groups is 1. The first-order valence-corrected chi connectivity index (χ1v) is 9.03. The van der Waals surface area contributed by atoms with Crippen molar-refractivity contribution in [3.8, 4) is 5.69 Å². The van der Waals surface area contributed by atoms with Crippen molar-refractivity contribution < 1.29 is 0 Å². The van der Waals surface area contributed by atoms with E-state index >= 15 is 0 Å². The van der Waals surface area contributed by atoms with Crippen LogP contribution in [-0.2, 0) is 6.42 Å². The van der Waals surface area contributed by atoms with E-state index < -0.39 is 0 Å². The minimum Gasteiger partial charge on any atom is -0.213 e. The van der Waals surface area contributed by atoms with Crippen LogP contribution in [0.2, 0.25) is 0 Å². The van der Waals surface area contributed by atoms with Gasteiger partial charge in [-0.2, -0.15) is 0 Å². The van der Waals surface area contributed by atoms with Crippen molar-refractivity contribution in [2.45, 2.75) is 39.0 Å². The molecule has 0 atom stereocenters. The lowest BCUT2D eigenvalue weighted by Gasteiger charge is -2.19. The molecule has 120 valence electrons. The van der Waals surface area contributed by atoms with Crippen LogP contribution < -0.4 is 0 Å². The van der Waals surface area contributed by atoms with E-state index in [4.69, 9.17) is 0 Å². The topological polar surface area (TPSA) is 30.7 Å². The Bertz CT molecular complexity index is 815. The first kappa shape index (κ1) is 16.1. The average molecular weight is 325 g/mol. The normalized spacial score (nSPS) is 12.0. The summed E-state index contributed by atoms with van der Waals surface area (Å²) in [6, 6.07) is 14.7. The Morgan fingerprint density at radius 2 is 1.87 bits per heavy atom. The Hall–Kier alpha value is -1.81. The van der Waals surface area contributed by atoms with E-state index in [-0.39, 0.29) is 0 Å². The Morgan fingerprint density at radius 3 is 2.61 bits per heavy atom. The van der Waals surface area contributed by atoms with Crippen molar-refractivity contribution >= 4 is 22.8 Å². The van der Waals surface area contributed by atoms with Crippen LogP contribution in [0, 0.1) is 5.41 Å². The number of rotatable bonds is 4. The zero-order chi connectivity index (χ0) is 16.4. The Labute approximate surface area is 142 Å². The van der Waals surface area contributed by atoms with Gasteiger partial charge in [-0.25, -0.2) is 4.68 Å². The molecule has 0 saturated carbocycles. The molecule has 0 radical (unpaired) electrons. The molecule has 0 aliphatic heterocycles. The van der Waals surface area contributed by atoms with Gasteiger partial charge >= 0.3 is 0 Å². The summed E-state index contributed by atoms with van der Waals surface area (Å²) in [7, 11) is 0. The molecule has 0 amide bonds. The van der Waals surface area contributed by atoms with E-state index in [1.54, 1.807) is 0 Å². The molecule has 0 bridgehead atoms. The molecule has 1 aromatic heterocycles. The van der Waals surface area contributed by atoms with Gasteiger partial charge in [0, 0.05) is 10.6 Å². The van der Waals surface area contributed by atoms with Gasteiger partial charge in [0.15, 0.2) is 0 Å². The molecular weight excluding hydrogens is 302 g/mol. The van der Waals surface area contributed by atoms with Gasteiger partial charge in [0.05, 0.1) is 11.2 Å². The SMILES string of the molecule is CCc1ccc(-n2nnc3ccccc32)cc1SCC(C)(C)C. The highest BCUT2D eigenvalue weighted by molar-refractivity contribution is 7.99. The van der Waals surface area contributed by atoms with Crippen LogP contribution in [0.3, 0.4) is 0 Å². The van der Waals surface area contributed by atoms with Crippen LogP contribution in [-0.4, -0.2) is 20.7 Å². The predicted octanol–water partition coefficient (Wildman–Crippen LogP) is 5.12. The number of para-hydroxylation sites is 1. The molecular formula is C19H23N3S. The summed E-state index contributed by atoms with van der Waals surface area (Å²) in [6.45, 7) is 9.04. The lowest BCUT2D eigenvalue weighted by Crippen LogP contribution is -2.08. The average Bonchev–Trinajstić information content (AvgIpc) is 2.96. The van der Waals surface area contributed by atoms with Crippen molar-refractivity contribution in [1.29, 1.82) is 0 Å². The standard InChI is InChI=1S/C19H23N3S/c1-5-14-10-11-15(12-18(14)23-13-19(2,3)4)22-17-9-7-6-8-16(17)20-21-22/h6-12H,5,13H2,1-4H3. The summed E-state index contributed by atoms with van der Waals surface area (Å²) in [5, 5.41) is 8.59. The molecule has 3 aromatic rings. The smallest absolute Gasteiger partial charge is 0.113 e. The largest absolute Gasteiger partial charge is 0.213 e. The monoisotopic (exact) mass is 325 g/mol. The van der Waals surface area contributed by atoms with E-state index in [9.17, 15) is 0 Å². The molecule has 0 fully saturated rings. The molecule has 0 aliphatic carbocycles. The molecule has 4 heteroatoms. The van der Waals surface area contributed by atoms with Gasteiger partial charge in [0.25, 0.3) is 0 Å². The fourth-order valence-electron chi connectivity index (χ4n) is 2.46. The number of benzene rings is 2. The first-order valence-electron chi connectivity index (χ1n) is 8.04. The predicted molar refractivity (Wildman–Crippen MR) is 98.4 cm³/mol.